The van der Waals surface area contributed by atoms with E-state index >= 15 is 0 Å². The molecule has 0 amide bonds. The van der Waals surface area contributed by atoms with E-state index < -0.39 is 11.8 Å². The molecule has 1 aromatic carbocycles. The third kappa shape index (κ3) is 4.83. The number of carboxylic acids is 1. The number of nitrogens with one attached hydrogen (secondary N) is 1. The Morgan fingerprint density at radius 1 is 1.28 bits per heavy atom. The number of rotatable bonds is 8. The van der Waals surface area contributed by atoms with Crippen LogP contribution in [0.4, 0.5) is 20.3 Å². The number of anilines is 2. The zero-order chi connectivity index (χ0) is 21.0. The van der Waals surface area contributed by atoms with Gasteiger partial charge in [0.25, 0.3) is 0 Å². The number of allylic oxidation sites excluding steroid dienone is 1. The van der Waals surface area contributed by atoms with Gasteiger partial charge in [0.1, 0.15) is 11.6 Å². The molecule has 0 aliphatic rings. The van der Waals surface area contributed by atoms with E-state index in [0.717, 1.165) is 22.6 Å². The van der Waals surface area contributed by atoms with Gasteiger partial charge < -0.3 is 10.4 Å². The Kier molecular flexibility index (Phi) is 6.33. The first-order valence-electron chi connectivity index (χ1n) is 8.94. The van der Waals surface area contributed by atoms with Gasteiger partial charge in [0.05, 0.1) is 17.0 Å². The number of carboxylic acid groups (broad SMARTS) is 1. The molecule has 3 rings (SSSR count). The number of thiophene rings is 1. The zero-order valence-electron chi connectivity index (χ0n) is 15.7. The van der Waals surface area contributed by atoms with E-state index in [1.54, 1.807) is 18.2 Å². The van der Waals surface area contributed by atoms with Gasteiger partial charge in [-0.2, -0.15) is 4.39 Å². The van der Waals surface area contributed by atoms with Crippen LogP contribution in [-0.2, 0) is 24.1 Å². The van der Waals surface area contributed by atoms with Gasteiger partial charge in [-0.3, -0.25) is 4.79 Å². The van der Waals surface area contributed by atoms with Crippen molar-refractivity contribution in [3.05, 3.63) is 70.8 Å². The van der Waals surface area contributed by atoms with Crippen LogP contribution in [0, 0.1) is 10.9 Å². The molecule has 0 aliphatic heterocycles. The summed E-state index contributed by atoms with van der Waals surface area (Å²) in [4.78, 5) is 20.5. The molecule has 0 atom stereocenters. The molecule has 2 heterocycles. The van der Waals surface area contributed by atoms with Gasteiger partial charge in [0.2, 0.25) is 0 Å². The van der Waals surface area contributed by atoms with Crippen LogP contribution in [0.2, 0.25) is 0 Å². The number of hydrogen-bond acceptors (Lipinski definition) is 5. The molecule has 150 valence electrons. The minimum absolute atomic E-state index is 0.161. The van der Waals surface area contributed by atoms with Crippen LogP contribution in [0.1, 0.15) is 23.7 Å². The van der Waals surface area contributed by atoms with Crippen LogP contribution in [0.5, 0.6) is 0 Å². The van der Waals surface area contributed by atoms with Crippen molar-refractivity contribution in [2.24, 2.45) is 0 Å². The quantitative estimate of drug-likeness (QED) is 0.498. The van der Waals surface area contributed by atoms with E-state index in [2.05, 4.69) is 21.9 Å². The van der Waals surface area contributed by atoms with Crippen LogP contribution >= 0.6 is 11.3 Å². The second kappa shape index (κ2) is 8.91. The van der Waals surface area contributed by atoms with Gasteiger partial charge in [-0.1, -0.05) is 19.1 Å². The lowest BCUT2D eigenvalue weighted by molar-refractivity contribution is -0.136. The van der Waals surface area contributed by atoms with Crippen molar-refractivity contribution in [2.75, 3.05) is 5.32 Å². The Morgan fingerprint density at radius 3 is 2.66 bits per heavy atom. The number of aryl methyl sites for hydroxylation is 1. The number of halogens is 2. The third-order valence-corrected chi connectivity index (χ3v) is 5.08. The standard InChI is InChI=1S/C21H19F2N3O2S/c1-3-5-13-15(4-2)24-21(17-8-9-18(23)29-17)26-20(13)25-16-7-6-12(10-14(16)22)11-19(27)28/h3,6-10H,1,4-5,11H2,2H3,(H,27,28)(H,24,25,26). The van der Waals surface area contributed by atoms with Crippen LogP contribution in [0.25, 0.3) is 10.7 Å². The number of benzene rings is 1. The first kappa shape index (κ1) is 20.6. The van der Waals surface area contributed by atoms with E-state index in [9.17, 15) is 13.6 Å². The largest absolute Gasteiger partial charge is 0.481 e. The second-order valence-corrected chi connectivity index (χ2v) is 7.31. The summed E-state index contributed by atoms with van der Waals surface area (Å²) in [5, 5.41) is 11.5. The Hall–Kier alpha value is -3.13. The number of nitrogens with zero attached hydrogens (tertiary/aromatic N) is 2. The van der Waals surface area contributed by atoms with Crippen molar-refractivity contribution in [2.45, 2.75) is 26.2 Å². The maximum absolute atomic E-state index is 14.5. The lowest BCUT2D eigenvalue weighted by atomic mass is 10.1. The molecule has 0 radical (unpaired) electrons. The normalized spacial score (nSPS) is 10.7. The number of aromatic nitrogens is 2. The fourth-order valence-electron chi connectivity index (χ4n) is 2.90. The summed E-state index contributed by atoms with van der Waals surface area (Å²) in [5.41, 5.74) is 2.05. The van der Waals surface area contributed by atoms with Crippen molar-refractivity contribution >= 4 is 28.8 Å². The summed E-state index contributed by atoms with van der Waals surface area (Å²) in [5.74, 6) is -0.859. The van der Waals surface area contributed by atoms with Gasteiger partial charge in [-0.15, -0.1) is 17.9 Å². The predicted molar refractivity (Wildman–Crippen MR) is 110 cm³/mol. The average molecular weight is 415 g/mol. The molecule has 29 heavy (non-hydrogen) atoms. The smallest absolute Gasteiger partial charge is 0.307 e. The first-order chi connectivity index (χ1) is 13.9. The Balaban J connectivity index is 2.04. The maximum Gasteiger partial charge on any atom is 0.307 e. The SMILES string of the molecule is C=CCc1c(CC)nc(-c2ccc(F)s2)nc1Nc1ccc(CC(=O)O)cc1F. The van der Waals surface area contributed by atoms with Gasteiger partial charge >= 0.3 is 5.97 Å². The van der Waals surface area contributed by atoms with Crippen molar-refractivity contribution in [3.8, 4) is 10.7 Å². The lowest BCUT2D eigenvalue weighted by Crippen LogP contribution is -2.08. The second-order valence-electron chi connectivity index (χ2n) is 6.28. The van der Waals surface area contributed by atoms with E-state index in [1.807, 2.05) is 6.92 Å². The van der Waals surface area contributed by atoms with Gasteiger partial charge in [-0.25, -0.2) is 14.4 Å². The summed E-state index contributed by atoms with van der Waals surface area (Å²) in [6.07, 6.45) is 2.53. The molecule has 2 N–H and O–H groups in total. The molecule has 0 unspecified atom stereocenters. The molecule has 5 nitrogen and oxygen atoms in total. The fraction of sp³-hybridized carbons (Fsp3) is 0.190. The van der Waals surface area contributed by atoms with Gasteiger partial charge in [-0.05, 0) is 42.7 Å². The summed E-state index contributed by atoms with van der Waals surface area (Å²) >= 11 is 0.936. The Bertz CT molecular complexity index is 1070. The molecule has 0 saturated heterocycles. The average Bonchev–Trinajstić information content (AvgIpc) is 3.11. The summed E-state index contributed by atoms with van der Waals surface area (Å²) < 4.78 is 28.0. The molecular weight excluding hydrogens is 396 g/mol. The fourth-order valence-corrected chi connectivity index (χ4v) is 3.57. The van der Waals surface area contributed by atoms with Crippen molar-refractivity contribution in [3.63, 3.8) is 0 Å². The van der Waals surface area contributed by atoms with E-state index in [-0.39, 0.29) is 17.2 Å². The van der Waals surface area contributed by atoms with E-state index in [4.69, 9.17) is 5.11 Å². The highest BCUT2D eigenvalue weighted by Gasteiger charge is 2.17. The third-order valence-electron chi connectivity index (χ3n) is 4.21. The Labute approximate surface area is 170 Å². The van der Waals surface area contributed by atoms with E-state index in [1.165, 1.54) is 18.2 Å². The van der Waals surface area contributed by atoms with E-state index in [0.29, 0.717) is 34.9 Å². The molecule has 3 aromatic rings. The predicted octanol–water partition coefficient (Wildman–Crippen LogP) is 5.14. The molecule has 8 heteroatoms. The first-order valence-corrected chi connectivity index (χ1v) is 9.76. The Morgan fingerprint density at radius 2 is 2.07 bits per heavy atom. The topological polar surface area (TPSA) is 75.1 Å². The van der Waals surface area contributed by atoms with Gasteiger partial charge in [0, 0.05) is 11.3 Å². The molecule has 0 aliphatic carbocycles. The summed E-state index contributed by atoms with van der Waals surface area (Å²) in [7, 11) is 0. The van der Waals surface area contributed by atoms with Crippen molar-refractivity contribution in [1.82, 2.24) is 9.97 Å². The van der Waals surface area contributed by atoms with Crippen molar-refractivity contribution in [1.29, 1.82) is 0 Å². The van der Waals surface area contributed by atoms with Crippen LogP contribution < -0.4 is 5.32 Å². The number of aliphatic carboxylic acids is 1. The number of hydrogen-bond donors (Lipinski definition) is 2. The highest BCUT2D eigenvalue weighted by molar-refractivity contribution is 7.13. The van der Waals surface area contributed by atoms with Crippen LogP contribution in [0.3, 0.4) is 0 Å². The van der Waals surface area contributed by atoms with Crippen molar-refractivity contribution < 1.29 is 18.7 Å². The lowest BCUT2D eigenvalue weighted by Gasteiger charge is -2.15. The summed E-state index contributed by atoms with van der Waals surface area (Å²) in [6, 6.07) is 7.16. The highest BCUT2D eigenvalue weighted by Crippen LogP contribution is 2.30. The minimum Gasteiger partial charge on any atom is -0.481 e. The molecule has 0 saturated carbocycles. The van der Waals surface area contributed by atoms with Crippen LogP contribution in [0.15, 0.2) is 43.0 Å². The van der Waals surface area contributed by atoms with Gasteiger partial charge in [0.15, 0.2) is 11.0 Å². The molecule has 2 aromatic heterocycles. The monoisotopic (exact) mass is 415 g/mol. The summed E-state index contributed by atoms with van der Waals surface area (Å²) in [6.45, 7) is 5.70. The highest BCUT2D eigenvalue weighted by atomic mass is 32.1. The minimum atomic E-state index is -1.03. The molecule has 0 spiro atoms. The molecule has 0 bridgehead atoms. The number of carbonyl (C=O) groups is 1. The zero-order valence-corrected chi connectivity index (χ0v) is 16.5. The molecular formula is C21H19F2N3O2S. The van der Waals surface area contributed by atoms with Crippen LogP contribution in [-0.4, -0.2) is 21.0 Å². The maximum atomic E-state index is 14.5. The molecule has 0 fully saturated rings.